The van der Waals surface area contributed by atoms with Gasteiger partial charge in [0.25, 0.3) is 0 Å². The number of hydrogen-bond donors (Lipinski definition) is 1. The van der Waals surface area contributed by atoms with Crippen LogP contribution in [0.4, 0.5) is 5.82 Å². The zero-order valence-corrected chi connectivity index (χ0v) is 8.23. The maximum absolute atomic E-state index is 11.0. The van der Waals surface area contributed by atoms with E-state index in [1.807, 2.05) is 0 Å². The summed E-state index contributed by atoms with van der Waals surface area (Å²) in [5.41, 5.74) is 6.28. The standard InChI is InChI=1S/C9H13N3O2/c1-3-14-8(13)5-4-7-6-12(2)11-9(7)10/h4-6H,3H2,1-2H3,(H2,10,11). The number of carbonyl (C=O) groups is 1. The van der Waals surface area contributed by atoms with E-state index in [2.05, 4.69) is 5.10 Å². The second-order valence-corrected chi connectivity index (χ2v) is 2.73. The largest absolute Gasteiger partial charge is 0.463 e. The van der Waals surface area contributed by atoms with E-state index in [1.165, 1.54) is 6.08 Å². The van der Waals surface area contributed by atoms with Gasteiger partial charge in [-0.25, -0.2) is 4.79 Å². The molecule has 0 aliphatic heterocycles. The maximum Gasteiger partial charge on any atom is 0.330 e. The minimum absolute atomic E-state index is 0.367. The zero-order valence-electron chi connectivity index (χ0n) is 8.23. The lowest BCUT2D eigenvalue weighted by molar-refractivity contribution is -0.137. The molecule has 1 rings (SSSR count). The molecule has 0 atom stereocenters. The molecule has 14 heavy (non-hydrogen) atoms. The molecule has 0 fully saturated rings. The Morgan fingerprint density at radius 3 is 3.00 bits per heavy atom. The molecule has 0 aliphatic carbocycles. The van der Waals surface area contributed by atoms with E-state index in [0.717, 1.165) is 0 Å². The Morgan fingerprint density at radius 1 is 1.79 bits per heavy atom. The molecule has 1 aromatic rings. The summed E-state index contributed by atoms with van der Waals surface area (Å²) in [5.74, 6) is 0.0174. The highest BCUT2D eigenvalue weighted by molar-refractivity contribution is 5.87. The van der Waals surface area contributed by atoms with Crippen molar-refractivity contribution < 1.29 is 9.53 Å². The highest BCUT2D eigenvalue weighted by Gasteiger charge is 2.00. The number of rotatable bonds is 3. The van der Waals surface area contributed by atoms with Gasteiger partial charge in [-0.3, -0.25) is 4.68 Å². The minimum atomic E-state index is -0.379. The molecular weight excluding hydrogens is 182 g/mol. The summed E-state index contributed by atoms with van der Waals surface area (Å²) in [4.78, 5) is 11.0. The number of carbonyl (C=O) groups excluding carboxylic acids is 1. The van der Waals surface area contributed by atoms with E-state index in [1.54, 1.807) is 30.9 Å². The van der Waals surface area contributed by atoms with Crippen molar-refractivity contribution >= 4 is 17.9 Å². The molecule has 2 N–H and O–H groups in total. The van der Waals surface area contributed by atoms with Gasteiger partial charge >= 0.3 is 5.97 Å². The fraction of sp³-hybridized carbons (Fsp3) is 0.333. The molecule has 0 aliphatic rings. The average Bonchev–Trinajstić information content (AvgIpc) is 2.42. The van der Waals surface area contributed by atoms with Gasteiger partial charge in [-0.15, -0.1) is 0 Å². The molecule has 1 heterocycles. The van der Waals surface area contributed by atoms with Crippen molar-refractivity contribution in [3.8, 4) is 0 Å². The Bertz CT molecular complexity index is 355. The summed E-state index contributed by atoms with van der Waals surface area (Å²) in [6.45, 7) is 2.12. The molecule has 76 valence electrons. The van der Waals surface area contributed by atoms with E-state index in [0.29, 0.717) is 18.0 Å². The normalized spacial score (nSPS) is 10.7. The van der Waals surface area contributed by atoms with Crippen molar-refractivity contribution in [2.24, 2.45) is 7.05 Å². The first-order valence-electron chi connectivity index (χ1n) is 4.27. The zero-order chi connectivity index (χ0) is 10.6. The SMILES string of the molecule is CCOC(=O)C=Cc1cn(C)nc1N. The first kappa shape index (κ1) is 10.3. The smallest absolute Gasteiger partial charge is 0.330 e. The van der Waals surface area contributed by atoms with Gasteiger partial charge < -0.3 is 10.5 Å². The molecule has 0 saturated heterocycles. The number of anilines is 1. The first-order valence-corrected chi connectivity index (χ1v) is 4.27. The fourth-order valence-electron chi connectivity index (χ4n) is 1.00. The van der Waals surface area contributed by atoms with Crippen LogP contribution in [0.5, 0.6) is 0 Å². The third-order valence-corrected chi connectivity index (χ3v) is 1.57. The minimum Gasteiger partial charge on any atom is -0.463 e. The van der Waals surface area contributed by atoms with Crippen LogP contribution < -0.4 is 5.73 Å². The van der Waals surface area contributed by atoms with Crippen LogP contribution in [0.3, 0.4) is 0 Å². The van der Waals surface area contributed by atoms with E-state index in [4.69, 9.17) is 10.5 Å². The molecule has 0 spiro atoms. The Kier molecular flexibility index (Phi) is 3.28. The van der Waals surface area contributed by atoms with Crippen molar-refractivity contribution in [3.05, 3.63) is 17.8 Å². The van der Waals surface area contributed by atoms with Crippen LogP contribution in [0.25, 0.3) is 6.08 Å². The van der Waals surface area contributed by atoms with Gasteiger partial charge in [-0.05, 0) is 13.0 Å². The second kappa shape index (κ2) is 4.45. The van der Waals surface area contributed by atoms with Crippen molar-refractivity contribution in [2.75, 3.05) is 12.3 Å². The Labute approximate surface area is 82.2 Å². The monoisotopic (exact) mass is 195 g/mol. The number of ether oxygens (including phenoxy) is 1. The number of esters is 1. The van der Waals surface area contributed by atoms with Crippen LogP contribution in [-0.2, 0) is 16.6 Å². The number of aromatic nitrogens is 2. The highest BCUT2D eigenvalue weighted by atomic mass is 16.5. The number of nitrogen functional groups attached to an aromatic ring is 1. The molecule has 0 amide bonds. The lowest BCUT2D eigenvalue weighted by Gasteiger charge is -1.93. The third-order valence-electron chi connectivity index (χ3n) is 1.57. The van der Waals surface area contributed by atoms with Crippen LogP contribution in [-0.4, -0.2) is 22.4 Å². The van der Waals surface area contributed by atoms with Crippen molar-refractivity contribution in [2.45, 2.75) is 6.92 Å². The van der Waals surface area contributed by atoms with Gasteiger partial charge in [0.15, 0.2) is 5.82 Å². The number of hydrogen-bond acceptors (Lipinski definition) is 4. The van der Waals surface area contributed by atoms with Crippen LogP contribution in [0.15, 0.2) is 12.3 Å². The Morgan fingerprint density at radius 2 is 2.50 bits per heavy atom. The summed E-state index contributed by atoms with van der Waals surface area (Å²) in [6.07, 6.45) is 4.64. The van der Waals surface area contributed by atoms with E-state index in [9.17, 15) is 4.79 Å². The Hall–Kier alpha value is -1.78. The van der Waals surface area contributed by atoms with E-state index in [-0.39, 0.29) is 5.97 Å². The lowest BCUT2D eigenvalue weighted by Crippen LogP contribution is -1.98. The van der Waals surface area contributed by atoms with Crippen LogP contribution in [0, 0.1) is 0 Å². The summed E-state index contributed by atoms with van der Waals surface area (Å²) in [7, 11) is 1.76. The van der Waals surface area contributed by atoms with Gasteiger partial charge in [-0.1, -0.05) is 0 Å². The predicted octanol–water partition coefficient (Wildman–Crippen LogP) is 0.579. The van der Waals surface area contributed by atoms with Gasteiger partial charge in [-0.2, -0.15) is 5.10 Å². The molecule has 0 saturated carbocycles. The number of nitrogens with zero attached hydrogens (tertiary/aromatic N) is 2. The first-order chi connectivity index (χ1) is 6.63. The topological polar surface area (TPSA) is 70.1 Å². The summed E-state index contributed by atoms with van der Waals surface area (Å²) in [6, 6.07) is 0. The van der Waals surface area contributed by atoms with Crippen LogP contribution in [0.1, 0.15) is 12.5 Å². The average molecular weight is 195 g/mol. The fourth-order valence-corrected chi connectivity index (χ4v) is 1.00. The number of aryl methyl sites for hydroxylation is 1. The predicted molar refractivity (Wildman–Crippen MR) is 53.3 cm³/mol. The quantitative estimate of drug-likeness (QED) is 0.565. The third kappa shape index (κ3) is 2.62. The summed E-state index contributed by atoms with van der Waals surface area (Å²) >= 11 is 0. The highest BCUT2D eigenvalue weighted by Crippen LogP contribution is 2.09. The molecule has 0 bridgehead atoms. The van der Waals surface area contributed by atoms with Gasteiger partial charge in [0, 0.05) is 24.9 Å². The molecule has 5 nitrogen and oxygen atoms in total. The van der Waals surface area contributed by atoms with E-state index < -0.39 is 0 Å². The molecule has 0 unspecified atom stereocenters. The molecular formula is C9H13N3O2. The molecule has 0 radical (unpaired) electrons. The number of nitrogens with two attached hydrogens (primary N) is 1. The summed E-state index contributed by atoms with van der Waals surface area (Å²) in [5, 5.41) is 3.93. The molecule has 5 heteroatoms. The van der Waals surface area contributed by atoms with Crippen molar-refractivity contribution in [1.29, 1.82) is 0 Å². The second-order valence-electron chi connectivity index (χ2n) is 2.73. The Balaban J connectivity index is 2.68. The van der Waals surface area contributed by atoms with E-state index >= 15 is 0 Å². The maximum atomic E-state index is 11.0. The van der Waals surface area contributed by atoms with Crippen molar-refractivity contribution in [1.82, 2.24) is 9.78 Å². The van der Waals surface area contributed by atoms with Gasteiger partial charge in [0.2, 0.25) is 0 Å². The molecule has 0 aromatic carbocycles. The van der Waals surface area contributed by atoms with Crippen LogP contribution in [0.2, 0.25) is 0 Å². The summed E-state index contributed by atoms with van der Waals surface area (Å²) < 4.78 is 6.30. The van der Waals surface area contributed by atoms with Crippen molar-refractivity contribution in [3.63, 3.8) is 0 Å². The van der Waals surface area contributed by atoms with Crippen LogP contribution >= 0.6 is 0 Å². The molecule has 1 aromatic heterocycles. The lowest BCUT2D eigenvalue weighted by atomic mass is 10.3. The van der Waals surface area contributed by atoms with Gasteiger partial charge in [0.1, 0.15) is 0 Å². The van der Waals surface area contributed by atoms with Gasteiger partial charge in [0.05, 0.1) is 6.61 Å².